The van der Waals surface area contributed by atoms with E-state index < -0.39 is 23.1 Å². The van der Waals surface area contributed by atoms with Crippen molar-refractivity contribution in [3.8, 4) is 16.9 Å². The molecule has 0 aliphatic carbocycles. The van der Waals surface area contributed by atoms with Crippen molar-refractivity contribution < 1.29 is 17.6 Å². The Kier molecular flexibility index (Phi) is 3.18. The van der Waals surface area contributed by atoms with E-state index in [1.54, 1.807) is 0 Å². The van der Waals surface area contributed by atoms with Gasteiger partial charge in [0.1, 0.15) is 11.5 Å². The molecule has 2 heterocycles. The number of aromatic amines is 1. The minimum atomic E-state index is -4.46. The lowest BCUT2D eigenvalue weighted by atomic mass is 10.1. The van der Waals surface area contributed by atoms with Crippen LogP contribution in [0.25, 0.3) is 27.8 Å². The van der Waals surface area contributed by atoms with Crippen LogP contribution in [0.15, 0.2) is 53.5 Å². The van der Waals surface area contributed by atoms with E-state index in [0.717, 1.165) is 16.8 Å². The molecule has 2 aliphatic heterocycles. The van der Waals surface area contributed by atoms with Crippen molar-refractivity contribution in [3.63, 3.8) is 0 Å². The Balaban J connectivity index is 1.96. The second-order valence-corrected chi connectivity index (χ2v) is 5.50. The van der Waals surface area contributed by atoms with E-state index in [-0.39, 0.29) is 16.8 Å². The third kappa shape index (κ3) is 2.46. The molecule has 2 aromatic rings. The Bertz CT molecular complexity index is 1110. The zero-order chi connectivity index (χ0) is 17.8. The number of aromatic nitrogens is 3. The fourth-order valence-electron chi connectivity index (χ4n) is 2.70. The number of nitrogens with one attached hydrogen (secondary N) is 1. The molecule has 4 rings (SSSR count). The Labute approximate surface area is 137 Å². The van der Waals surface area contributed by atoms with Gasteiger partial charge in [-0.1, -0.05) is 6.07 Å². The second kappa shape index (κ2) is 5.17. The summed E-state index contributed by atoms with van der Waals surface area (Å²) in [6.07, 6.45) is -3.14. The van der Waals surface area contributed by atoms with Crippen LogP contribution < -0.4 is 5.56 Å². The van der Waals surface area contributed by atoms with E-state index in [9.17, 15) is 22.4 Å². The van der Waals surface area contributed by atoms with Crippen molar-refractivity contribution >= 4 is 10.9 Å². The first-order valence-electron chi connectivity index (χ1n) is 7.22. The molecule has 0 saturated carbocycles. The lowest BCUT2D eigenvalue weighted by Crippen LogP contribution is -2.14. The highest BCUT2D eigenvalue weighted by molar-refractivity contribution is 5.93. The van der Waals surface area contributed by atoms with E-state index in [0.29, 0.717) is 11.1 Å². The van der Waals surface area contributed by atoms with Gasteiger partial charge >= 0.3 is 6.18 Å². The first-order chi connectivity index (χ1) is 11.8. The summed E-state index contributed by atoms with van der Waals surface area (Å²) in [4.78, 5) is 15.2. The van der Waals surface area contributed by atoms with Crippen molar-refractivity contribution in [1.29, 1.82) is 0 Å². The Hall–Kier alpha value is -3.16. The van der Waals surface area contributed by atoms with E-state index in [1.165, 1.54) is 36.5 Å². The van der Waals surface area contributed by atoms with E-state index >= 15 is 0 Å². The molecule has 1 N–H and O–H groups in total. The average Bonchev–Trinajstić information content (AvgIpc) is 2.91. The normalized spacial score (nSPS) is 12.2. The summed E-state index contributed by atoms with van der Waals surface area (Å²) in [6, 6.07) is 8.38. The van der Waals surface area contributed by atoms with Crippen LogP contribution in [0.5, 0.6) is 0 Å². The summed E-state index contributed by atoms with van der Waals surface area (Å²) in [7, 11) is 0. The highest BCUT2D eigenvalue weighted by Gasteiger charge is 2.31. The molecule has 8 heteroatoms. The molecule has 0 saturated heterocycles. The summed E-state index contributed by atoms with van der Waals surface area (Å²) in [6.45, 7) is 0. The summed E-state index contributed by atoms with van der Waals surface area (Å²) in [5.74, 6) is -0.452. The number of halogens is 4. The zero-order valence-electron chi connectivity index (χ0n) is 12.4. The molecular formula is C17H9F4N3O. The maximum atomic E-state index is 13.0. The smallest absolute Gasteiger partial charge is 0.360 e. The van der Waals surface area contributed by atoms with Crippen LogP contribution >= 0.6 is 0 Å². The monoisotopic (exact) mass is 347 g/mol. The molecule has 0 unspecified atom stereocenters. The molecular weight excluding hydrogens is 338 g/mol. The molecule has 25 heavy (non-hydrogen) atoms. The third-order valence-electron chi connectivity index (χ3n) is 3.92. The molecule has 0 radical (unpaired) electrons. The number of hydrogen-bond acceptors (Lipinski definition) is 2. The molecule has 2 aliphatic rings. The maximum Gasteiger partial charge on any atom is 0.416 e. The van der Waals surface area contributed by atoms with E-state index in [4.69, 9.17) is 0 Å². The number of rotatable bonds is 1. The number of fused-ring (bicyclic) bond motifs is 3. The van der Waals surface area contributed by atoms with Gasteiger partial charge in [0.2, 0.25) is 0 Å². The number of pyridine rings is 1. The standard InChI is InChI=1S/C17H9F4N3O/c18-10-2-4-11(5-3-10)24-16(25)13-8-22-14-7-9(17(19,20)21)1-6-12(14)15(13)23-24/h1-8,22H. The minimum absolute atomic E-state index is 0.214. The van der Waals surface area contributed by atoms with Gasteiger partial charge in [0.05, 0.1) is 16.8 Å². The average molecular weight is 347 g/mol. The Morgan fingerprint density at radius 1 is 1.04 bits per heavy atom. The van der Waals surface area contributed by atoms with Crippen LogP contribution in [0, 0.1) is 5.82 Å². The SMILES string of the molecule is O=c1c2c[nH]c3cc(C(F)(F)F)ccc3c-2nn1-c1ccc(F)cc1. The van der Waals surface area contributed by atoms with Crippen molar-refractivity contribution in [2.45, 2.75) is 6.18 Å². The maximum absolute atomic E-state index is 13.0. The van der Waals surface area contributed by atoms with E-state index in [1.807, 2.05) is 0 Å². The highest BCUT2D eigenvalue weighted by atomic mass is 19.4. The molecule has 0 spiro atoms. The van der Waals surface area contributed by atoms with Gasteiger partial charge in [0, 0.05) is 17.1 Å². The van der Waals surface area contributed by atoms with Gasteiger partial charge in [-0.3, -0.25) is 4.79 Å². The molecule has 0 atom stereocenters. The molecule has 0 bridgehead atoms. The van der Waals surface area contributed by atoms with Crippen molar-refractivity contribution in [2.24, 2.45) is 0 Å². The molecule has 0 fully saturated rings. The molecule has 0 amide bonds. The van der Waals surface area contributed by atoms with Gasteiger partial charge < -0.3 is 4.98 Å². The summed E-state index contributed by atoms with van der Waals surface area (Å²) >= 11 is 0. The molecule has 4 nitrogen and oxygen atoms in total. The number of benzene rings is 2. The lowest BCUT2D eigenvalue weighted by molar-refractivity contribution is -0.137. The minimum Gasteiger partial charge on any atom is -0.360 e. The number of nitrogens with zero attached hydrogens (tertiary/aromatic N) is 2. The van der Waals surface area contributed by atoms with Crippen molar-refractivity contribution in [3.05, 3.63) is 70.4 Å². The van der Waals surface area contributed by atoms with Gasteiger partial charge in [-0.05, 0) is 36.4 Å². The summed E-state index contributed by atoms with van der Waals surface area (Å²) in [5.41, 5.74) is -0.155. The van der Waals surface area contributed by atoms with Crippen LogP contribution in [0.4, 0.5) is 17.6 Å². The first kappa shape index (κ1) is 15.4. The zero-order valence-corrected chi connectivity index (χ0v) is 12.4. The van der Waals surface area contributed by atoms with Gasteiger partial charge in [-0.25, -0.2) is 4.39 Å². The van der Waals surface area contributed by atoms with Crippen molar-refractivity contribution in [1.82, 2.24) is 14.8 Å². The molecule has 0 aromatic heterocycles. The first-order valence-corrected chi connectivity index (χ1v) is 7.22. The quantitative estimate of drug-likeness (QED) is 0.530. The van der Waals surface area contributed by atoms with Crippen molar-refractivity contribution in [2.75, 3.05) is 0 Å². The Morgan fingerprint density at radius 3 is 2.44 bits per heavy atom. The van der Waals surface area contributed by atoms with Crippen LogP contribution in [0.2, 0.25) is 0 Å². The largest absolute Gasteiger partial charge is 0.416 e. The Morgan fingerprint density at radius 2 is 1.76 bits per heavy atom. The number of H-pyrrole nitrogens is 1. The van der Waals surface area contributed by atoms with Crippen LogP contribution in [-0.2, 0) is 6.18 Å². The van der Waals surface area contributed by atoms with E-state index in [2.05, 4.69) is 10.1 Å². The summed E-state index contributed by atoms with van der Waals surface area (Å²) in [5, 5.41) is 4.60. The van der Waals surface area contributed by atoms with Gasteiger partial charge in [-0.2, -0.15) is 23.0 Å². The van der Waals surface area contributed by atoms with Crippen LogP contribution in [-0.4, -0.2) is 14.8 Å². The van der Waals surface area contributed by atoms with Gasteiger partial charge in [0.15, 0.2) is 0 Å². The van der Waals surface area contributed by atoms with Gasteiger partial charge in [-0.15, -0.1) is 0 Å². The topological polar surface area (TPSA) is 50.7 Å². The lowest BCUT2D eigenvalue weighted by Gasteiger charge is -2.08. The second-order valence-electron chi connectivity index (χ2n) is 5.50. The van der Waals surface area contributed by atoms with Gasteiger partial charge in [0.25, 0.3) is 5.56 Å². The van der Waals surface area contributed by atoms with Crippen LogP contribution in [0.3, 0.4) is 0 Å². The fraction of sp³-hybridized carbons (Fsp3) is 0.0588. The van der Waals surface area contributed by atoms with Crippen LogP contribution in [0.1, 0.15) is 5.56 Å². The number of alkyl halides is 3. The molecule has 126 valence electrons. The molecule has 2 aromatic carbocycles. The predicted molar refractivity (Wildman–Crippen MR) is 83.3 cm³/mol. The summed E-state index contributed by atoms with van der Waals surface area (Å²) < 4.78 is 52.7. The fourth-order valence-corrected chi connectivity index (χ4v) is 2.70. The highest BCUT2D eigenvalue weighted by Crippen LogP contribution is 2.33. The predicted octanol–water partition coefficient (Wildman–Crippen LogP) is 3.98. The third-order valence-corrected chi connectivity index (χ3v) is 3.92. The number of hydrogen-bond donors (Lipinski definition) is 1.